The molecule has 0 radical (unpaired) electrons. The Labute approximate surface area is 216 Å². The molecular formula is C16H11N3Na2O7S2. The first-order valence-electron chi connectivity index (χ1n) is 7.45. The summed E-state index contributed by atoms with van der Waals surface area (Å²) in [5, 5.41) is 20.0. The van der Waals surface area contributed by atoms with Crippen LogP contribution < -0.4 is 70.0 Å². The number of fused-ring (bicyclic) bond motifs is 1. The van der Waals surface area contributed by atoms with Gasteiger partial charge in [-0.3, -0.25) is 4.55 Å². The van der Waals surface area contributed by atoms with E-state index in [1.54, 1.807) is 0 Å². The van der Waals surface area contributed by atoms with Crippen molar-refractivity contribution >= 4 is 48.1 Å². The maximum atomic E-state index is 12.1. The van der Waals surface area contributed by atoms with E-state index in [1.807, 2.05) is 0 Å². The second-order valence-corrected chi connectivity index (χ2v) is 8.45. The Kier molecular flexibility index (Phi) is 9.03. The molecule has 14 heteroatoms. The fraction of sp³-hybridized carbons (Fsp3) is 0. The normalized spacial score (nSPS) is 11.8. The first-order valence-corrected chi connectivity index (χ1v) is 10.3. The monoisotopic (exact) mass is 467 g/mol. The summed E-state index contributed by atoms with van der Waals surface area (Å²) in [5.74, 6) is -0.680. The van der Waals surface area contributed by atoms with Crippen molar-refractivity contribution < 1.29 is 90.2 Å². The minimum atomic E-state index is -4.69. The van der Waals surface area contributed by atoms with Gasteiger partial charge in [-0.25, -0.2) is 8.42 Å². The van der Waals surface area contributed by atoms with Crippen molar-refractivity contribution in [1.29, 1.82) is 0 Å². The second-order valence-electron chi connectivity index (χ2n) is 5.65. The summed E-state index contributed by atoms with van der Waals surface area (Å²) in [6, 6.07) is 9.27. The Balaban J connectivity index is 0.00000225. The van der Waals surface area contributed by atoms with Gasteiger partial charge in [-0.15, -0.1) is 5.11 Å². The summed E-state index contributed by atoms with van der Waals surface area (Å²) in [6.45, 7) is 0. The predicted molar refractivity (Wildman–Crippen MR) is 96.2 cm³/mol. The summed E-state index contributed by atoms with van der Waals surface area (Å²) in [6.07, 6.45) is 0. The molecule has 0 spiro atoms. The van der Waals surface area contributed by atoms with E-state index in [2.05, 4.69) is 10.2 Å². The van der Waals surface area contributed by atoms with E-state index in [-0.39, 0.29) is 86.9 Å². The van der Waals surface area contributed by atoms with Crippen LogP contribution in [0.5, 0.6) is 5.75 Å². The average molecular weight is 467 g/mol. The first-order chi connectivity index (χ1) is 13.0. The zero-order valence-corrected chi connectivity index (χ0v) is 21.4. The molecule has 3 aromatic rings. The van der Waals surface area contributed by atoms with Crippen molar-refractivity contribution in [3.63, 3.8) is 0 Å². The van der Waals surface area contributed by atoms with Crippen LogP contribution in [0.3, 0.4) is 0 Å². The summed E-state index contributed by atoms with van der Waals surface area (Å²) < 4.78 is 65.3. The molecule has 0 atom stereocenters. The Bertz CT molecular complexity index is 1340. The van der Waals surface area contributed by atoms with Crippen LogP contribution in [0.4, 0.5) is 17.1 Å². The van der Waals surface area contributed by atoms with Gasteiger partial charge >= 0.3 is 59.1 Å². The molecule has 0 fully saturated rings. The van der Waals surface area contributed by atoms with E-state index in [0.29, 0.717) is 0 Å². The largest absolute Gasteiger partial charge is 1.00 e. The summed E-state index contributed by atoms with van der Waals surface area (Å²) in [5.41, 5.74) is 5.85. The van der Waals surface area contributed by atoms with Crippen LogP contribution in [0.2, 0.25) is 0 Å². The SMILES string of the molecule is Nc1ccc2c([O-])cc(S(=O)(=O)O)cc2c1N=Nc1cccc(S(=O)(=O)[O-])c1.[Na+].[Na+]. The minimum Gasteiger partial charge on any atom is -0.872 e. The zero-order valence-electron chi connectivity index (χ0n) is 15.8. The fourth-order valence-corrected chi connectivity index (χ4v) is 3.48. The van der Waals surface area contributed by atoms with E-state index >= 15 is 0 Å². The topological polar surface area (TPSA) is 185 Å². The van der Waals surface area contributed by atoms with E-state index in [9.17, 15) is 31.0 Å². The first kappa shape index (κ1) is 27.0. The van der Waals surface area contributed by atoms with Gasteiger partial charge in [0.1, 0.15) is 15.8 Å². The molecule has 0 saturated heterocycles. The van der Waals surface area contributed by atoms with E-state index < -0.39 is 35.8 Å². The molecule has 10 nitrogen and oxygen atoms in total. The Hall–Kier alpha value is -1.06. The van der Waals surface area contributed by atoms with Gasteiger partial charge in [0, 0.05) is 5.39 Å². The molecule has 30 heavy (non-hydrogen) atoms. The molecule has 146 valence electrons. The van der Waals surface area contributed by atoms with Crippen LogP contribution in [-0.4, -0.2) is 25.9 Å². The van der Waals surface area contributed by atoms with Crippen LogP contribution in [0.1, 0.15) is 0 Å². The van der Waals surface area contributed by atoms with Crippen molar-refractivity contribution in [2.45, 2.75) is 9.79 Å². The predicted octanol–water partition coefficient (Wildman–Crippen LogP) is -3.93. The number of benzene rings is 3. The number of anilines is 1. The van der Waals surface area contributed by atoms with Gasteiger partial charge in [-0.2, -0.15) is 13.5 Å². The summed E-state index contributed by atoms with van der Waals surface area (Å²) in [7, 11) is -9.34. The van der Waals surface area contributed by atoms with Crippen LogP contribution in [0.15, 0.2) is 68.6 Å². The molecule has 0 amide bonds. The molecule has 0 saturated carbocycles. The van der Waals surface area contributed by atoms with Crippen LogP contribution in [0.25, 0.3) is 10.8 Å². The molecule has 0 aromatic heterocycles. The van der Waals surface area contributed by atoms with Gasteiger partial charge in [0.25, 0.3) is 10.1 Å². The van der Waals surface area contributed by atoms with Crippen LogP contribution in [0, 0.1) is 0 Å². The molecule has 3 aromatic carbocycles. The van der Waals surface area contributed by atoms with Crippen molar-refractivity contribution in [1.82, 2.24) is 0 Å². The van der Waals surface area contributed by atoms with Crippen molar-refractivity contribution in [3.05, 3.63) is 48.5 Å². The molecule has 0 heterocycles. The van der Waals surface area contributed by atoms with Crippen molar-refractivity contribution in [2.75, 3.05) is 5.73 Å². The van der Waals surface area contributed by atoms with Crippen molar-refractivity contribution in [3.8, 4) is 5.75 Å². The Morgan fingerprint density at radius 3 is 2.13 bits per heavy atom. The molecular weight excluding hydrogens is 456 g/mol. The molecule has 0 aliphatic rings. The molecule has 3 N–H and O–H groups in total. The number of nitrogens with zero attached hydrogens (tertiary/aromatic N) is 2. The van der Waals surface area contributed by atoms with Crippen LogP contribution >= 0.6 is 0 Å². The van der Waals surface area contributed by atoms with Gasteiger partial charge < -0.3 is 15.4 Å². The quantitative estimate of drug-likeness (QED) is 0.169. The molecule has 0 aliphatic heterocycles. The third-order valence-corrected chi connectivity index (χ3v) is 5.41. The minimum absolute atomic E-state index is 0. The van der Waals surface area contributed by atoms with E-state index in [1.165, 1.54) is 24.3 Å². The van der Waals surface area contributed by atoms with Gasteiger partial charge in [-0.05, 0) is 41.8 Å². The third kappa shape index (κ3) is 6.01. The number of hydrogen-bond acceptors (Lipinski definition) is 9. The molecule has 0 unspecified atom stereocenters. The van der Waals surface area contributed by atoms with Gasteiger partial charge in [-0.1, -0.05) is 17.9 Å². The number of nitrogens with two attached hydrogens (primary N) is 1. The third-order valence-electron chi connectivity index (χ3n) is 3.74. The average Bonchev–Trinajstić information content (AvgIpc) is 2.59. The van der Waals surface area contributed by atoms with Crippen LogP contribution in [-0.2, 0) is 20.2 Å². The molecule has 3 rings (SSSR count). The number of hydrogen-bond donors (Lipinski definition) is 2. The standard InChI is InChI=1S/C16H13N3O7S2.2Na/c17-14-5-4-12-13(7-11(8-15(12)20)28(24,25)26)16(14)19-18-9-2-1-3-10(6-9)27(21,22)23;;/h1-8,20H,17H2,(H,21,22,23)(H,24,25,26);;/q;2*+1/p-2. The van der Waals surface area contributed by atoms with E-state index in [4.69, 9.17) is 5.73 Å². The number of nitrogen functional groups attached to an aromatic ring is 1. The smallest absolute Gasteiger partial charge is 0.872 e. The summed E-state index contributed by atoms with van der Waals surface area (Å²) in [4.78, 5) is -1.14. The maximum Gasteiger partial charge on any atom is 1.00 e. The number of rotatable bonds is 4. The van der Waals surface area contributed by atoms with Gasteiger partial charge in [0.05, 0.1) is 21.2 Å². The summed E-state index contributed by atoms with van der Waals surface area (Å²) >= 11 is 0. The molecule has 0 aliphatic carbocycles. The van der Waals surface area contributed by atoms with E-state index in [0.717, 1.165) is 24.3 Å². The zero-order chi connectivity index (χ0) is 20.7. The maximum absolute atomic E-state index is 12.1. The van der Waals surface area contributed by atoms with Gasteiger partial charge in [0.15, 0.2) is 0 Å². The molecule has 0 bridgehead atoms. The van der Waals surface area contributed by atoms with Gasteiger partial charge in [0.2, 0.25) is 0 Å². The fourth-order valence-electron chi connectivity index (χ4n) is 2.45. The Morgan fingerprint density at radius 2 is 1.53 bits per heavy atom. The van der Waals surface area contributed by atoms with Crippen molar-refractivity contribution in [2.24, 2.45) is 10.2 Å². The second kappa shape index (κ2) is 10.0. The Morgan fingerprint density at radius 1 is 0.867 bits per heavy atom. The number of azo groups is 1.